The first-order chi connectivity index (χ1) is 19.0. The maximum Gasteiger partial charge on any atom is 0.419 e. The fourth-order valence-electron chi connectivity index (χ4n) is 4.93. The van der Waals surface area contributed by atoms with Gasteiger partial charge in [-0.05, 0) is 36.2 Å². The molecular formula is C27H19F4N7O2. The van der Waals surface area contributed by atoms with Crippen molar-refractivity contribution >= 4 is 23.2 Å². The number of imidazole rings is 1. The first-order valence-corrected chi connectivity index (χ1v) is 11.9. The van der Waals surface area contributed by atoms with Crippen LogP contribution in [-0.4, -0.2) is 35.4 Å². The van der Waals surface area contributed by atoms with Crippen LogP contribution in [0.2, 0.25) is 0 Å². The van der Waals surface area contributed by atoms with E-state index in [0.29, 0.717) is 23.0 Å². The number of phenolic OH excluding ortho intramolecular Hbond substituents is 1. The molecule has 0 spiro atoms. The van der Waals surface area contributed by atoms with Crippen molar-refractivity contribution in [3.05, 3.63) is 94.8 Å². The number of aromatic nitrogens is 5. The molecule has 2 aromatic carbocycles. The van der Waals surface area contributed by atoms with Crippen LogP contribution in [0.1, 0.15) is 34.9 Å². The Bertz CT molecular complexity index is 1840. The zero-order chi connectivity index (χ0) is 28.4. The number of aromatic hydroxyl groups is 1. The third-order valence-electron chi connectivity index (χ3n) is 6.99. The quantitative estimate of drug-likeness (QED) is 0.282. The van der Waals surface area contributed by atoms with Gasteiger partial charge in [-0.25, -0.2) is 24.3 Å². The Kier molecular flexibility index (Phi) is 5.50. The number of carbonyl (C=O) groups is 1. The number of hydrogen-bond acceptors (Lipinski definition) is 7. The summed E-state index contributed by atoms with van der Waals surface area (Å²) in [6.45, 7) is 1.46. The normalized spacial score (nSPS) is 16.8. The number of fused-ring (bicyclic) bond motifs is 2. The van der Waals surface area contributed by atoms with Crippen molar-refractivity contribution in [1.82, 2.24) is 24.3 Å². The summed E-state index contributed by atoms with van der Waals surface area (Å²) >= 11 is 0. The lowest BCUT2D eigenvalue weighted by molar-refractivity contribution is -0.138. The van der Waals surface area contributed by atoms with Crippen LogP contribution in [0, 0.1) is 5.82 Å². The molecule has 202 valence electrons. The van der Waals surface area contributed by atoms with Crippen LogP contribution in [0.4, 0.5) is 29.2 Å². The van der Waals surface area contributed by atoms with Gasteiger partial charge in [0, 0.05) is 25.0 Å². The molecule has 4 N–H and O–H groups in total. The number of nitrogens with one attached hydrogen (secondary N) is 1. The summed E-state index contributed by atoms with van der Waals surface area (Å²) in [7, 11) is 0. The van der Waals surface area contributed by atoms with Crippen LogP contribution in [0.5, 0.6) is 5.75 Å². The number of carbonyl (C=O) groups excluding carboxylic acids is 1. The van der Waals surface area contributed by atoms with Crippen molar-refractivity contribution in [2.75, 3.05) is 11.1 Å². The number of amides is 1. The first kappa shape index (κ1) is 25.2. The maximum absolute atomic E-state index is 14.4. The Morgan fingerprint density at radius 3 is 2.62 bits per heavy atom. The van der Waals surface area contributed by atoms with Gasteiger partial charge >= 0.3 is 6.18 Å². The Labute approximate surface area is 223 Å². The summed E-state index contributed by atoms with van der Waals surface area (Å²) in [4.78, 5) is 30.9. The van der Waals surface area contributed by atoms with Crippen LogP contribution in [0.3, 0.4) is 0 Å². The molecule has 4 heterocycles. The zero-order valence-corrected chi connectivity index (χ0v) is 20.7. The van der Waals surface area contributed by atoms with Crippen molar-refractivity contribution in [3.63, 3.8) is 0 Å². The summed E-state index contributed by atoms with van der Waals surface area (Å²) in [5, 5.41) is 12.7. The third kappa shape index (κ3) is 3.89. The van der Waals surface area contributed by atoms with Gasteiger partial charge < -0.3 is 20.6 Å². The Hall–Kier alpha value is -5.07. The molecule has 1 aliphatic rings. The lowest BCUT2D eigenvalue weighted by Gasteiger charge is -2.24. The van der Waals surface area contributed by atoms with Crippen molar-refractivity contribution in [2.24, 2.45) is 0 Å². The average Bonchev–Trinajstić information content (AvgIpc) is 3.47. The highest BCUT2D eigenvalue weighted by atomic mass is 19.4. The lowest BCUT2D eigenvalue weighted by Crippen LogP contribution is -2.33. The molecule has 0 saturated carbocycles. The van der Waals surface area contributed by atoms with Gasteiger partial charge in [0.25, 0.3) is 0 Å². The second-order valence-electron chi connectivity index (χ2n) is 9.46. The number of rotatable bonds is 4. The van der Waals surface area contributed by atoms with Crippen LogP contribution in [0.25, 0.3) is 17.2 Å². The van der Waals surface area contributed by atoms with Gasteiger partial charge in [0.2, 0.25) is 5.91 Å². The largest absolute Gasteiger partial charge is 0.507 e. The second-order valence-corrected chi connectivity index (χ2v) is 9.46. The number of nitrogens with two attached hydrogens (primary N) is 1. The Morgan fingerprint density at radius 2 is 1.90 bits per heavy atom. The lowest BCUT2D eigenvalue weighted by atomic mass is 9.77. The molecule has 0 aliphatic carbocycles. The first-order valence-electron chi connectivity index (χ1n) is 11.9. The molecule has 9 nitrogen and oxygen atoms in total. The van der Waals surface area contributed by atoms with Gasteiger partial charge in [0.1, 0.15) is 34.3 Å². The minimum atomic E-state index is -4.77. The minimum Gasteiger partial charge on any atom is -0.507 e. The summed E-state index contributed by atoms with van der Waals surface area (Å²) < 4.78 is 55.6. The van der Waals surface area contributed by atoms with Gasteiger partial charge in [0.15, 0.2) is 11.5 Å². The number of halogens is 4. The number of hydrogen-bond donors (Lipinski definition) is 3. The molecule has 0 radical (unpaired) electrons. The number of nitrogen functional groups attached to an aromatic ring is 1. The van der Waals surface area contributed by atoms with E-state index in [0.717, 1.165) is 12.1 Å². The molecular weight excluding hydrogens is 530 g/mol. The average molecular weight is 549 g/mol. The van der Waals surface area contributed by atoms with Crippen molar-refractivity contribution in [1.29, 1.82) is 0 Å². The third-order valence-corrected chi connectivity index (χ3v) is 6.99. The van der Waals surface area contributed by atoms with Crippen molar-refractivity contribution in [2.45, 2.75) is 24.9 Å². The fourth-order valence-corrected chi connectivity index (χ4v) is 4.93. The second kappa shape index (κ2) is 8.73. The van der Waals surface area contributed by atoms with Crippen LogP contribution < -0.4 is 11.1 Å². The number of benzene rings is 2. The number of alkyl halides is 3. The fraction of sp³-hybridized carbons (Fsp3) is 0.148. The molecule has 13 heteroatoms. The minimum absolute atomic E-state index is 0.0533. The molecule has 1 unspecified atom stereocenters. The smallest absolute Gasteiger partial charge is 0.419 e. The predicted octanol–water partition coefficient (Wildman–Crippen LogP) is 4.48. The molecule has 40 heavy (non-hydrogen) atoms. The number of anilines is 2. The molecule has 0 saturated heterocycles. The van der Waals surface area contributed by atoms with Crippen molar-refractivity contribution < 1.29 is 27.5 Å². The molecule has 5 aromatic rings. The van der Waals surface area contributed by atoms with Gasteiger partial charge in [0.05, 0.1) is 16.8 Å². The predicted molar refractivity (Wildman–Crippen MR) is 136 cm³/mol. The monoisotopic (exact) mass is 549 g/mol. The molecule has 0 bridgehead atoms. The zero-order valence-electron chi connectivity index (χ0n) is 20.7. The maximum atomic E-state index is 14.4. The van der Waals surface area contributed by atoms with Crippen LogP contribution >= 0.6 is 0 Å². The highest BCUT2D eigenvalue weighted by Crippen LogP contribution is 2.47. The molecule has 3 aromatic heterocycles. The van der Waals surface area contributed by atoms with Gasteiger partial charge in [-0.2, -0.15) is 13.2 Å². The highest BCUT2D eigenvalue weighted by Gasteiger charge is 2.48. The van der Waals surface area contributed by atoms with Crippen LogP contribution in [-0.2, 0) is 22.8 Å². The summed E-state index contributed by atoms with van der Waals surface area (Å²) in [6, 6.07) is 8.98. The standard InChI is InChI=1S/C27H19F4N7O2/c1-26(14-6-7-15(19(39)11-14)27(29,30)31)20-21(32)35-22(36-23(20)37-25(26)40)18-12-38-9-8-33-24(38)17(34-18)10-13-4-2-3-5-16(13)28/h2-9,11-12,39H,10H2,1H3,(H3,32,35,36,37,40). The van der Waals surface area contributed by atoms with E-state index in [1.165, 1.54) is 13.0 Å². The Balaban J connectivity index is 1.44. The van der Waals surface area contributed by atoms with E-state index in [9.17, 15) is 27.5 Å². The van der Waals surface area contributed by atoms with E-state index >= 15 is 0 Å². The number of phenols is 1. The van der Waals surface area contributed by atoms with Crippen LogP contribution in [0.15, 0.2) is 61.1 Å². The summed E-state index contributed by atoms with van der Waals surface area (Å²) in [6.07, 6.45) is 0.212. The van der Waals surface area contributed by atoms with E-state index in [-0.39, 0.29) is 40.7 Å². The molecule has 1 amide bonds. The Morgan fingerprint density at radius 1 is 1.12 bits per heavy atom. The van der Waals surface area contributed by atoms with E-state index in [1.807, 2.05) is 0 Å². The summed E-state index contributed by atoms with van der Waals surface area (Å²) in [5.74, 6) is -2.03. The molecule has 1 aliphatic heterocycles. The molecule has 0 fully saturated rings. The van der Waals surface area contributed by atoms with E-state index in [2.05, 4.69) is 25.3 Å². The molecule has 6 rings (SSSR count). The van der Waals surface area contributed by atoms with E-state index < -0.39 is 34.6 Å². The number of nitrogens with zero attached hydrogens (tertiary/aromatic N) is 5. The molecule has 1 atom stereocenters. The SMILES string of the molecule is CC1(c2ccc(C(F)(F)F)c(O)c2)C(=O)Nc2nc(-c3cn4ccnc4c(Cc4ccccc4F)n3)nc(N)c21. The van der Waals surface area contributed by atoms with Crippen molar-refractivity contribution in [3.8, 4) is 17.3 Å². The summed E-state index contributed by atoms with van der Waals surface area (Å²) in [5.41, 5.74) is 5.35. The highest BCUT2D eigenvalue weighted by molar-refractivity contribution is 6.09. The van der Waals surface area contributed by atoms with Gasteiger partial charge in [-0.15, -0.1) is 0 Å². The van der Waals surface area contributed by atoms with Gasteiger partial charge in [-0.1, -0.05) is 24.3 Å². The van der Waals surface area contributed by atoms with Gasteiger partial charge in [-0.3, -0.25) is 4.79 Å². The van der Waals surface area contributed by atoms with E-state index in [4.69, 9.17) is 5.73 Å². The topological polar surface area (TPSA) is 131 Å². The van der Waals surface area contributed by atoms with E-state index in [1.54, 1.807) is 41.2 Å².